The van der Waals surface area contributed by atoms with Crippen molar-refractivity contribution in [1.29, 1.82) is 0 Å². The van der Waals surface area contributed by atoms with Gasteiger partial charge in [0.1, 0.15) is 6.61 Å². The minimum absolute atomic E-state index is 0.163. The molecule has 26 heavy (non-hydrogen) atoms. The van der Waals surface area contributed by atoms with Gasteiger partial charge < -0.3 is 14.6 Å². The van der Waals surface area contributed by atoms with Gasteiger partial charge in [0.15, 0.2) is 11.6 Å². The highest BCUT2D eigenvalue weighted by Crippen LogP contribution is 2.15. The van der Waals surface area contributed by atoms with E-state index in [1.54, 1.807) is 36.7 Å². The molecule has 3 aromatic rings. The van der Waals surface area contributed by atoms with E-state index in [0.29, 0.717) is 18.1 Å². The number of amides is 1. The van der Waals surface area contributed by atoms with Crippen LogP contribution in [0.1, 0.15) is 12.3 Å². The molecule has 0 fully saturated rings. The lowest BCUT2D eigenvalue weighted by Gasteiger charge is -2.07. The largest absolute Gasteiger partial charge is 0.489 e. The lowest BCUT2D eigenvalue weighted by atomic mass is 10.2. The Morgan fingerprint density at radius 1 is 1.19 bits per heavy atom. The molecule has 1 aromatic carbocycles. The van der Waals surface area contributed by atoms with E-state index in [1.165, 1.54) is 12.1 Å². The van der Waals surface area contributed by atoms with Crippen LogP contribution < -0.4 is 10.1 Å². The molecule has 0 aliphatic carbocycles. The molecule has 0 atom stereocenters. The average Bonchev–Trinajstić information content (AvgIpc) is 3.15. The van der Waals surface area contributed by atoms with Gasteiger partial charge in [-0.05, 0) is 24.3 Å². The van der Waals surface area contributed by atoms with E-state index in [2.05, 4.69) is 20.4 Å². The molecule has 1 amide bonds. The van der Waals surface area contributed by atoms with Gasteiger partial charge in [0, 0.05) is 30.8 Å². The number of carbonyl (C=O) groups excluding carboxylic acids is 1. The van der Waals surface area contributed by atoms with Crippen molar-refractivity contribution in [2.24, 2.45) is 0 Å². The second kappa shape index (κ2) is 8.70. The fourth-order valence-electron chi connectivity index (χ4n) is 2.20. The molecule has 7 nitrogen and oxygen atoms in total. The first-order chi connectivity index (χ1) is 12.7. The number of benzene rings is 1. The molecular formula is C18H17FN4O3. The highest BCUT2D eigenvalue weighted by atomic mass is 19.1. The molecule has 0 saturated heterocycles. The highest BCUT2D eigenvalue weighted by molar-refractivity contribution is 5.76. The fourth-order valence-corrected chi connectivity index (χ4v) is 2.20. The normalized spacial score (nSPS) is 10.5. The van der Waals surface area contributed by atoms with Crippen LogP contribution in [0.25, 0.3) is 11.4 Å². The fraction of sp³-hybridized carbons (Fsp3) is 0.222. The second-order valence-electron chi connectivity index (χ2n) is 5.38. The van der Waals surface area contributed by atoms with Crippen LogP contribution in [0.3, 0.4) is 0 Å². The van der Waals surface area contributed by atoms with Crippen molar-refractivity contribution < 1.29 is 18.4 Å². The van der Waals surface area contributed by atoms with Crippen molar-refractivity contribution in [1.82, 2.24) is 20.4 Å². The van der Waals surface area contributed by atoms with Crippen LogP contribution in [0.5, 0.6) is 5.75 Å². The number of aromatic nitrogens is 3. The second-order valence-corrected chi connectivity index (χ2v) is 5.38. The zero-order valence-electron chi connectivity index (χ0n) is 13.9. The predicted molar refractivity (Wildman–Crippen MR) is 90.8 cm³/mol. The highest BCUT2D eigenvalue weighted by Gasteiger charge is 2.10. The molecule has 1 N–H and O–H groups in total. The summed E-state index contributed by atoms with van der Waals surface area (Å²) in [5.41, 5.74) is 0.796. The molecule has 0 aliphatic rings. The molecule has 2 aromatic heterocycles. The van der Waals surface area contributed by atoms with Crippen molar-refractivity contribution in [3.05, 3.63) is 60.5 Å². The Morgan fingerprint density at radius 3 is 2.81 bits per heavy atom. The number of hydrogen-bond donors (Lipinski definition) is 1. The summed E-state index contributed by atoms with van der Waals surface area (Å²) < 4.78 is 23.8. The van der Waals surface area contributed by atoms with Gasteiger partial charge in [0.25, 0.3) is 0 Å². The van der Waals surface area contributed by atoms with E-state index in [1.807, 2.05) is 0 Å². The Bertz CT molecular complexity index is 854. The van der Waals surface area contributed by atoms with Crippen LogP contribution >= 0.6 is 0 Å². The lowest BCUT2D eigenvalue weighted by molar-refractivity contribution is -0.121. The molecule has 3 rings (SSSR count). The van der Waals surface area contributed by atoms with Crippen LogP contribution in [0.2, 0.25) is 0 Å². The van der Waals surface area contributed by atoms with Gasteiger partial charge in [-0.25, -0.2) is 4.39 Å². The van der Waals surface area contributed by atoms with Crippen LogP contribution in [0.4, 0.5) is 4.39 Å². The Morgan fingerprint density at radius 2 is 2.00 bits per heavy atom. The van der Waals surface area contributed by atoms with E-state index in [4.69, 9.17) is 9.26 Å². The van der Waals surface area contributed by atoms with Crippen LogP contribution in [0, 0.1) is 5.82 Å². The number of para-hydroxylation sites is 1. The number of aryl methyl sites for hydroxylation is 1. The number of carbonyl (C=O) groups is 1. The summed E-state index contributed by atoms with van der Waals surface area (Å²) in [4.78, 5) is 20.0. The third kappa shape index (κ3) is 4.85. The smallest absolute Gasteiger partial charge is 0.227 e. The zero-order chi connectivity index (χ0) is 18.2. The van der Waals surface area contributed by atoms with E-state index in [9.17, 15) is 9.18 Å². The van der Waals surface area contributed by atoms with Gasteiger partial charge in [0.2, 0.25) is 17.6 Å². The SMILES string of the molecule is O=C(CCc1nc(-c2ccncc2)no1)NCCOc1ccccc1F. The molecule has 8 heteroatoms. The monoisotopic (exact) mass is 356 g/mol. The third-order valence-electron chi connectivity index (χ3n) is 3.49. The number of nitrogens with zero attached hydrogens (tertiary/aromatic N) is 3. The minimum atomic E-state index is -0.430. The van der Waals surface area contributed by atoms with Gasteiger partial charge in [-0.1, -0.05) is 17.3 Å². The summed E-state index contributed by atoms with van der Waals surface area (Å²) in [6.07, 6.45) is 3.82. The molecule has 0 aliphatic heterocycles. The van der Waals surface area contributed by atoms with E-state index in [-0.39, 0.29) is 31.2 Å². The van der Waals surface area contributed by atoms with Gasteiger partial charge >= 0.3 is 0 Å². The van der Waals surface area contributed by atoms with Gasteiger partial charge in [-0.3, -0.25) is 9.78 Å². The average molecular weight is 356 g/mol. The van der Waals surface area contributed by atoms with Gasteiger partial charge in [0.05, 0.1) is 6.54 Å². The third-order valence-corrected chi connectivity index (χ3v) is 3.49. The maximum atomic E-state index is 13.4. The summed E-state index contributed by atoms with van der Waals surface area (Å²) in [5, 5.41) is 6.58. The van der Waals surface area contributed by atoms with Gasteiger partial charge in [-0.15, -0.1) is 0 Å². The molecule has 0 saturated carbocycles. The van der Waals surface area contributed by atoms with Crippen molar-refractivity contribution in [3.63, 3.8) is 0 Å². The number of rotatable bonds is 8. The van der Waals surface area contributed by atoms with E-state index < -0.39 is 5.82 Å². The lowest BCUT2D eigenvalue weighted by Crippen LogP contribution is -2.28. The molecule has 0 radical (unpaired) electrons. The Labute approximate surface area is 149 Å². The number of hydrogen-bond acceptors (Lipinski definition) is 6. The van der Waals surface area contributed by atoms with Crippen molar-refractivity contribution in [2.45, 2.75) is 12.8 Å². The molecule has 134 valence electrons. The molecule has 0 unspecified atom stereocenters. The molecular weight excluding hydrogens is 339 g/mol. The Kier molecular flexibility index (Phi) is 5.87. The van der Waals surface area contributed by atoms with Crippen LogP contribution in [-0.2, 0) is 11.2 Å². The number of halogens is 1. The summed E-state index contributed by atoms with van der Waals surface area (Å²) in [6, 6.07) is 9.67. The first kappa shape index (κ1) is 17.5. The van der Waals surface area contributed by atoms with Crippen molar-refractivity contribution in [3.8, 4) is 17.1 Å². The number of nitrogens with one attached hydrogen (secondary N) is 1. The summed E-state index contributed by atoms with van der Waals surface area (Å²) in [7, 11) is 0. The van der Waals surface area contributed by atoms with E-state index >= 15 is 0 Å². The maximum absolute atomic E-state index is 13.4. The molecule has 0 bridgehead atoms. The Balaban J connectivity index is 1.38. The standard InChI is InChI=1S/C18H17FN4O3/c19-14-3-1-2-4-15(14)25-12-11-21-16(24)5-6-17-22-18(23-26-17)13-7-9-20-10-8-13/h1-4,7-10H,5-6,11-12H2,(H,21,24). The quantitative estimate of drug-likeness (QED) is 0.623. The zero-order valence-corrected chi connectivity index (χ0v) is 13.9. The summed E-state index contributed by atoms with van der Waals surface area (Å²) >= 11 is 0. The Hall–Kier alpha value is -3.29. The summed E-state index contributed by atoms with van der Waals surface area (Å²) in [6.45, 7) is 0.457. The number of pyridine rings is 1. The van der Waals surface area contributed by atoms with Crippen molar-refractivity contribution in [2.75, 3.05) is 13.2 Å². The van der Waals surface area contributed by atoms with Crippen molar-refractivity contribution >= 4 is 5.91 Å². The molecule has 2 heterocycles. The predicted octanol–water partition coefficient (Wildman–Crippen LogP) is 2.40. The maximum Gasteiger partial charge on any atom is 0.227 e. The first-order valence-electron chi connectivity index (χ1n) is 8.09. The minimum Gasteiger partial charge on any atom is -0.489 e. The molecule has 0 spiro atoms. The first-order valence-corrected chi connectivity index (χ1v) is 8.09. The topological polar surface area (TPSA) is 90.1 Å². The van der Waals surface area contributed by atoms with Gasteiger partial charge in [-0.2, -0.15) is 4.98 Å². The van der Waals surface area contributed by atoms with Crippen LogP contribution in [-0.4, -0.2) is 34.2 Å². The van der Waals surface area contributed by atoms with Crippen LogP contribution in [0.15, 0.2) is 53.3 Å². The summed E-state index contributed by atoms with van der Waals surface area (Å²) in [5.74, 6) is 0.401. The number of ether oxygens (including phenoxy) is 1. The van der Waals surface area contributed by atoms with E-state index in [0.717, 1.165) is 5.56 Å².